The van der Waals surface area contributed by atoms with Crippen LogP contribution in [0.25, 0.3) is 0 Å². The lowest BCUT2D eigenvalue weighted by Gasteiger charge is -2.01. The van der Waals surface area contributed by atoms with Gasteiger partial charge in [-0.3, -0.25) is 4.79 Å². The van der Waals surface area contributed by atoms with Crippen molar-refractivity contribution in [2.75, 3.05) is 0 Å². The summed E-state index contributed by atoms with van der Waals surface area (Å²) >= 11 is 5.35. The Morgan fingerprint density at radius 2 is 1.93 bits per heavy atom. The van der Waals surface area contributed by atoms with E-state index in [1.54, 1.807) is 12.1 Å². The largest absolute Gasteiger partial charge is 0.276 e. The maximum absolute atomic E-state index is 10.8. The number of allylic oxidation sites excluding steroid dienone is 1. The summed E-state index contributed by atoms with van der Waals surface area (Å²) in [5.74, 6) is 0. The van der Waals surface area contributed by atoms with Crippen molar-refractivity contribution < 1.29 is 4.79 Å². The molecule has 0 aliphatic heterocycles. The van der Waals surface area contributed by atoms with Gasteiger partial charge in [0, 0.05) is 5.56 Å². The number of carbonyl (C=O) groups is 1. The summed E-state index contributed by atoms with van der Waals surface area (Å²) < 4.78 is 0. The van der Waals surface area contributed by atoms with Crippen molar-refractivity contribution in [2.24, 2.45) is 0 Å². The van der Waals surface area contributed by atoms with Crippen molar-refractivity contribution in [3.05, 3.63) is 48.0 Å². The molecule has 0 bridgehead atoms. The van der Waals surface area contributed by atoms with Crippen LogP contribution in [0.5, 0.6) is 0 Å². The number of halogens is 1. The Labute approximate surface area is 95.8 Å². The van der Waals surface area contributed by atoms with Crippen LogP contribution in [-0.2, 0) is 6.42 Å². The summed E-state index contributed by atoms with van der Waals surface area (Å²) in [6.07, 6.45) is 6.37. The first-order valence-electron chi connectivity index (χ1n) is 5.13. The summed E-state index contributed by atoms with van der Waals surface area (Å²) in [7, 11) is 0. The number of rotatable bonds is 6. The van der Waals surface area contributed by atoms with Crippen molar-refractivity contribution in [1.82, 2.24) is 0 Å². The Morgan fingerprint density at radius 3 is 2.47 bits per heavy atom. The molecule has 1 aromatic carbocycles. The van der Waals surface area contributed by atoms with E-state index in [1.165, 1.54) is 12.0 Å². The maximum atomic E-state index is 10.8. The molecule has 0 radical (unpaired) electrons. The van der Waals surface area contributed by atoms with Gasteiger partial charge in [0.25, 0.3) is 5.24 Å². The van der Waals surface area contributed by atoms with Crippen LogP contribution in [0.1, 0.15) is 35.2 Å². The molecular weight excluding hydrogens is 208 g/mol. The van der Waals surface area contributed by atoms with Crippen molar-refractivity contribution in [3.63, 3.8) is 0 Å². The van der Waals surface area contributed by atoms with E-state index in [2.05, 4.69) is 6.58 Å². The van der Waals surface area contributed by atoms with Crippen molar-refractivity contribution in [1.29, 1.82) is 0 Å². The fraction of sp³-hybridized carbons (Fsp3) is 0.308. The predicted molar refractivity (Wildman–Crippen MR) is 64.4 cm³/mol. The molecule has 1 aromatic rings. The Morgan fingerprint density at radius 1 is 1.27 bits per heavy atom. The molecule has 0 heterocycles. The molecule has 0 saturated carbocycles. The van der Waals surface area contributed by atoms with Crippen LogP contribution in [0.15, 0.2) is 36.9 Å². The monoisotopic (exact) mass is 222 g/mol. The second-order valence-corrected chi connectivity index (χ2v) is 3.85. The average molecular weight is 223 g/mol. The van der Waals surface area contributed by atoms with E-state index in [1.807, 2.05) is 18.2 Å². The predicted octanol–water partition coefficient (Wildman–Crippen LogP) is 3.96. The van der Waals surface area contributed by atoms with E-state index >= 15 is 0 Å². The molecule has 2 heteroatoms. The number of aryl methyl sites for hydroxylation is 1. The summed E-state index contributed by atoms with van der Waals surface area (Å²) in [5.41, 5.74) is 1.81. The number of hydrogen-bond donors (Lipinski definition) is 0. The normalized spacial score (nSPS) is 9.93. The zero-order valence-electron chi connectivity index (χ0n) is 8.71. The van der Waals surface area contributed by atoms with Gasteiger partial charge in [0.15, 0.2) is 0 Å². The highest BCUT2D eigenvalue weighted by Crippen LogP contribution is 2.10. The van der Waals surface area contributed by atoms with Gasteiger partial charge in [-0.2, -0.15) is 0 Å². The van der Waals surface area contributed by atoms with E-state index < -0.39 is 5.24 Å². The van der Waals surface area contributed by atoms with Crippen LogP contribution >= 0.6 is 11.6 Å². The summed E-state index contributed by atoms with van der Waals surface area (Å²) in [6, 6.07) is 7.48. The summed E-state index contributed by atoms with van der Waals surface area (Å²) in [4.78, 5) is 10.8. The second kappa shape index (κ2) is 6.41. The molecule has 0 spiro atoms. The quantitative estimate of drug-likeness (QED) is 0.405. The highest BCUT2D eigenvalue weighted by Gasteiger charge is 2.00. The van der Waals surface area contributed by atoms with Gasteiger partial charge in [-0.05, 0) is 55.0 Å². The van der Waals surface area contributed by atoms with Crippen LogP contribution in [-0.4, -0.2) is 5.24 Å². The van der Waals surface area contributed by atoms with Crippen LogP contribution in [0.4, 0.5) is 0 Å². The minimum Gasteiger partial charge on any atom is -0.276 e. The molecule has 15 heavy (non-hydrogen) atoms. The molecule has 0 amide bonds. The van der Waals surface area contributed by atoms with Gasteiger partial charge in [-0.1, -0.05) is 18.2 Å². The van der Waals surface area contributed by atoms with E-state index in [0.29, 0.717) is 5.56 Å². The molecule has 0 aliphatic rings. The summed E-state index contributed by atoms with van der Waals surface area (Å²) in [6.45, 7) is 3.68. The van der Waals surface area contributed by atoms with E-state index in [4.69, 9.17) is 11.6 Å². The summed E-state index contributed by atoms with van der Waals surface area (Å²) in [5, 5.41) is -0.395. The zero-order valence-corrected chi connectivity index (χ0v) is 9.46. The van der Waals surface area contributed by atoms with Crippen molar-refractivity contribution in [2.45, 2.75) is 25.7 Å². The van der Waals surface area contributed by atoms with E-state index in [0.717, 1.165) is 19.3 Å². The zero-order chi connectivity index (χ0) is 11.1. The highest BCUT2D eigenvalue weighted by atomic mass is 35.5. The lowest BCUT2D eigenvalue weighted by molar-refractivity contribution is 0.108. The van der Waals surface area contributed by atoms with Crippen LogP contribution in [0.2, 0.25) is 0 Å². The van der Waals surface area contributed by atoms with Gasteiger partial charge in [-0.15, -0.1) is 6.58 Å². The SMILES string of the molecule is C=CCCCCc1ccc(C(=O)Cl)cc1. The molecule has 0 saturated heterocycles. The number of benzene rings is 1. The van der Waals surface area contributed by atoms with Gasteiger partial charge >= 0.3 is 0 Å². The molecule has 1 rings (SSSR count). The number of carbonyl (C=O) groups excluding carboxylic acids is 1. The Kier molecular flexibility index (Phi) is 5.13. The third-order valence-electron chi connectivity index (χ3n) is 2.30. The molecule has 0 aliphatic carbocycles. The maximum Gasteiger partial charge on any atom is 0.252 e. The average Bonchev–Trinajstić information content (AvgIpc) is 2.25. The Balaban J connectivity index is 2.42. The first kappa shape index (κ1) is 12.0. The molecule has 0 atom stereocenters. The molecular formula is C13H15ClO. The topological polar surface area (TPSA) is 17.1 Å². The van der Waals surface area contributed by atoms with Crippen molar-refractivity contribution in [3.8, 4) is 0 Å². The van der Waals surface area contributed by atoms with Crippen LogP contribution in [0.3, 0.4) is 0 Å². The van der Waals surface area contributed by atoms with E-state index in [9.17, 15) is 4.79 Å². The minimum atomic E-state index is -0.395. The van der Waals surface area contributed by atoms with Crippen LogP contribution < -0.4 is 0 Å². The van der Waals surface area contributed by atoms with E-state index in [-0.39, 0.29) is 0 Å². The van der Waals surface area contributed by atoms with Gasteiger partial charge in [0.1, 0.15) is 0 Å². The third kappa shape index (κ3) is 4.30. The van der Waals surface area contributed by atoms with Gasteiger partial charge in [0.2, 0.25) is 0 Å². The lowest BCUT2D eigenvalue weighted by atomic mass is 10.1. The Bertz CT molecular complexity index is 327. The molecule has 0 fully saturated rings. The van der Waals surface area contributed by atoms with Gasteiger partial charge in [0.05, 0.1) is 0 Å². The fourth-order valence-corrected chi connectivity index (χ4v) is 1.55. The Hall–Kier alpha value is -1.08. The molecule has 0 unspecified atom stereocenters. The third-order valence-corrected chi connectivity index (χ3v) is 2.52. The molecule has 1 nitrogen and oxygen atoms in total. The second-order valence-electron chi connectivity index (χ2n) is 3.51. The smallest absolute Gasteiger partial charge is 0.252 e. The fourth-order valence-electron chi connectivity index (χ4n) is 1.42. The first-order chi connectivity index (χ1) is 7.24. The first-order valence-corrected chi connectivity index (χ1v) is 5.51. The van der Waals surface area contributed by atoms with Crippen molar-refractivity contribution >= 4 is 16.8 Å². The highest BCUT2D eigenvalue weighted by molar-refractivity contribution is 6.67. The molecule has 0 aromatic heterocycles. The lowest BCUT2D eigenvalue weighted by Crippen LogP contribution is -1.90. The molecule has 80 valence electrons. The molecule has 0 N–H and O–H groups in total. The standard InChI is InChI=1S/C13H15ClO/c1-2-3-4-5-6-11-7-9-12(10-8-11)13(14)15/h2,7-10H,1,3-6H2. The number of unbranched alkanes of at least 4 members (excludes halogenated alkanes) is 2. The number of hydrogen-bond acceptors (Lipinski definition) is 1. The van der Waals surface area contributed by atoms with Gasteiger partial charge < -0.3 is 0 Å². The minimum absolute atomic E-state index is 0.395. The van der Waals surface area contributed by atoms with Crippen LogP contribution in [0, 0.1) is 0 Å². The van der Waals surface area contributed by atoms with Gasteiger partial charge in [-0.25, -0.2) is 0 Å².